The van der Waals surface area contributed by atoms with Gasteiger partial charge in [-0.2, -0.15) is 0 Å². The molecule has 2 unspecified atom stereocenters. The van der Waals surface area contributed by atoms with Crippen molar-refractivity contribution in [2.45, 2.75) is 45.7 Å². The molecule has 1 saturated heterocycles. The van der Waals surface area contributed by atoms with Gasteiger partial charge in [0.25, 0.3) is 0 Å². The summed E-state index contributed by atoms with van der Waals surface area (Å²) in [6.45, 7) is 12.2. The Labute approximate surface area is 123 Å². The molecule has 2 atom stereocenters. The quantitative estimate of drug-likeness (QED) is 0.839. The number of benzene rings is 1. The summed E-state index contributed by atoms with van der Waals surface area (Å²) in [4.78, 5) is 2.63. The molecule has 1 N–H and O–H groups in total. The molecule has 1 aromatic rings. The number of allylic oxidation sites excluding steroid dienone is 1. The van der Waals surface area contributed by atoms with Gasteiger partial charge >= 0.3 is 0 Å². The zero-order chi connectivity index (χ0) is 14.6. The first-order valence-corrected chi connectivity index (χ1v) is 7.72. The van der Waals surface area contributed by atoms with E-state index < -0.39 is 0 Å². The molecule has 20 heavy (non-hydrogen) atoms. The Morgan fingerprint density at radius 1 is 1.35 bits per heavy atom. The highest BCUT2D eigenvalue weighted by atomic mass is 15.3. The van der Waals surface area contributed by atoms with Crippen LogP contribution in [0.5, 0.6) is 0 Å². The van der Waals surface area contributed by atoms with Crippen molar-refractivity contribution in [2.24, 2.45) is 0 Å². The van der Waals surface area contributed by atoms with E-state index >= 15 is 0 Å². The Morgan fingerprint density at radius 3 is 2.65 bits per heavy atom. The monoisotopic (exact) mass is 272 g/mol. The number of nitrogens with one attached hydrogen (secondary N) is 1. The first kappa shape index (κ1) is 15.3. The maximum atomic E-state index is 3.73. The lowest BCUT2D eigenvalue weighted by Gasteiger charge is -2.47. The Morgan fingerprint density at radius 2 is 2.05 bits per heavy atom. The van der Waals surface area contributed by atoms with Crippen LogP contribution >= 0.6 is 0 Å². The van der Waals surface area contributed by atoms with Crippen LogP contribution in [0.1, 0.15) is 45.7 Å². The normalized spacial score (nSPS) is 27.3. The summed E-state index contributed by atoms with van der Waals surface area (Å²) in [7, 11) is 0. The number of nitrogens with zero attached hydrogens (tertiary/aromatic N) is 1. The van der Waals surface area contributed by atoms with Gasteiger partial charge in [-0.15, -0.1) is 0 Å². The minimum Gasteiger partial charge on any atom is -0.307 e. The second-order valence-electron chi connectivity index (χ2n) is 6.38. The molecule has 0 saturated carbocycles. The summed E-state index contributed by atoms with van der Waals surface area (Å²) in [6.07, 6.45) is 3.53. The highest BCUT2D eigenvalue weighted by molar-refractivity contribution is 5.21. The third kappa shape index (κ3) is 3.50. The van der Waals surface area contributed by atoms with Gasteiger partial charge in [-0.1, -0.05) is 48.9 Å². The second kappa shape index (κ2) is 6.55. The van der Waals surface area contributed by atoms with Crippen LogP contribution in [0, 0.1) is 0 Å². The highest BCUT2D eigenvalue weighted by Crippen LogP contribution is 2.28. The first-order chi connectivity index (χ1) is 9.55. The van der Waals surface area contributed by atoms with Crippen molar-refractivity contribution in [3.05, 3.63) is 47.5 Å². The minimum absolute atomic E-state index is 0.261. The lowest BCUT2D eigenvalue weighted by molar-refractivity contribution is 0.0601. The lowest BCUT2D eigenvalue weighted by Crippen LogP contribution is -2.60. The molecule has 0 radical (unpaired) electrons. The second-order valence-corrected chi connectivity index (χ2v) is 6.38. The molecule has 2 heteroatoms. The van der Waals surface area contributed by atoms with Crippen LogP contribution in [-0.2, 0) is 0 Å². The van der Waals surface area contributed by atoms with Gasteiger partial charge in [0.15, 0.2) is 0 Å². The predicted octanol–water partition coefficient (Wildman–Crippen LogP) is 3.77. The van der Waals surface area contributed by atoms with Gasteiger partial charge in [0.05, 0.1) is 0 Å². The van der Waals surface area contributed by atoms with Crippen molar-refractivity contribution in [1.29, 1.82) is 0 Å². The maximum absolute atomic E-state index is 3.73. The third-order valence-corrected chi connectivity index (χ3v) is 4.58. The molecule has 0 aliphatic carbocycles. The van der Waals surface area contributed by atoms with E-state index in [9.17, 15) is 0 Å². The molecule has 0 amide bonds. The van der Waals surface area contributed by atoms with Gasteiger partial charge in [-0.05, 0) is 32.8 Å². The van der Waals surface area contributed by atoms with Gasteiger partial charge in [-0.3, -0.25) is 4.90 Å². The highest BCUT2D eigenvalue weighted by Gasteiger charge is 2.35. The average molecular weight is 272 g/mol. The molecule has 110 valence electrons. The van der Waals surface area contributed by atoms with E-state index in [1.54, 1.807) is 0 Å². The van der Waals surface area contributed by atoms with Crippen molar-refractivity contribution < 1.29 is 0 Å². The maximum Gasteiger partial charge on any atom is 0.0450 e. The van der Waals surface area contributed by atoms with Crippen LogP contribution in [0.3, 0.4) is 0 Å². The number of hydrogen-bond donors (Lipinski definition) is 1. The molecule has 1 fully saturated rings. The fourth-order valence-electron chi connectivity index (χ4n) is 2.81. The lowest BCUT2D eigenvalue weighted by atomic mass is 9.90. The van der Waals surface area contributed by atoms with Crippen molar-refractivity contribution in [3.8, 4) is 0 Å². The average Bonchev–Trinajstić information content (AvgIpc) is 2.47. The molecule has 1 aliphatic rings. The molecule has 2 nitrogen and oxygen atoms in total. The first-order valence-electron chi connectivity index (χ1n) is 7.72. The van der Waals surface area contributed by atoms with Crippen molar-refractivity contribution in [1.82, 2.24) is 10.2 Å². The predicted molar refractivity (Wildman–Crippen MR) is 86.9 cm³/mol. The van der Waals surface area contributed by atoms with E-state index in [-0.39, 0.29) is 5.54 Å². The SMILES string of the molecule is CCC1(C)CNC(c2ccccc2)CN1CC=C(C)C. The van der Waals surface area contributed by atoms with Gasteiger partial charge in [-0.25, -0.2) is 0 Å². The van der Waals surface area contributed by atoms with Crippen LogP contribution in [0.15, 0.2) is 42.0 Å². The van der Waals surface area contributed by atoms with Gasteiger partial charge in [0.1, 0.15) is 0 Å². The summed E-state index contributed by atoms with van der Waals surface area (Å²) in [6, 6.07) is 11.2. The third-order valence-electron chi connectivity index (χ3n) is 4.58. The Balaban J connectivity index is 2.14. The Kier molecular flexibility index (Phi) is 5.00. The van der Waals surface area contributed by atoms with E-state index in [1.165, 1.54) is 17.6 Å². The van der Waals surface area contributed by atoms with Crippen molar-refractivity contribution >= 4 is 0 Å². The zero-order valence-electron chi connectivity index (χ0n) is 13.3. The summed E-state index contributed by atoms with van der Waals surface area (Å²) >= 11 is 0. The molecule has 2 rings (SSSR count). The van der Waals surface area contributed by atoms with E-state index in [0.29, 0.717) is 6.04 Å². The van der Waals surface area contributed by atoms with Crippen LogP contribution < -0.4 is 5.32 Å². The largest absolute Gasteiger partial charge is 0.307 e. The summed E-state index contributed by atoms with van der Waals surface area (Å²) in [5.74, 6) is 0. The smallest absolute Gasteiger partial charge is 0.0450 e. The number of piperazine rings is 1. The van der Waals surface area contributed by atoms with E-state index in [4.69, 9.17) is 0 Å². The molecule has 1 aliphatic heterocycles. The van der Waals surface area contributed by atoms with Gasteiger partial charge < -0.3 is 5.32 Å². The van der Waals surface area contributed by atoms with Gasteiger partial charge in [0, 0.05) is 31.2 Å². The minimum atomic E-state index is 0.261. The molecule has 0 bridgehead atoms. The fraction of sp³-hybridized carbons (Fsp3) is 0.556. The topological polar surface area (TPSA) is 15.3 Å². The number of hydrogen-bond acceptors (Lipinski definition) is 2. The molecular formula is C18H28N2. The van der Waals surface area contributed by atoms with E-state index in [1.807, 2.05) is 0 Å². The molecule has 0 spiro atoms. The van der Waals surface area contributed by atoms with E-state index in [0.717, 1.165) is 19.6 Å². The summed E-state index contributed by atoms with van der Waals surface area (Å²) in [5, 5.41) is 3.73. The molecular weight excluding hydrogens is 244 g/mol. The summed E-state index contributed by atoms with van der Waals surface area (Å²) < 4.78 is 0. The van der Waals surface area contributed by atoms with Gasteiger partial charge in [0.2, 0.25) is 0 Å². The van der Waals surface area contributed by atoms with Crippen molar-refractivity contribution in [2.75, 3.05) is 19.6 Å². The molecule has 1 aromatic carbocycles. The van der Waals surface area contributed by atoms with Crippen LogP contribution in [0.25, 0.3) is 0 Å². The summed E-state index contributed by atoms with van der Waals surface area (Å²) in [5.41, 5.74) is 3.06. The van der Waals surface area contributed by atoms with Crippen LogP contribution in [-0.4, -0.2) is 30.1 Å². The zero-order valence-corrected chi connectivity index (χ0v) is 13.3. The van der Waals surface area contributed by atoms with E-state index in [2.05, 4.69) is 74.3 Å². The van der Waals surface area contributed by atoms with Crippen LogP contribution in [0.2, 0.25) is 0 Å². The molecule has 1 heterocycles. The number of rotatable bonds is 4. The Bertz CT molecular complexity index is 448. The fourth-order valence-corrected chi connectivity index (χ4v) is 2.81. The standard InChI is InChI=1S/C18H28N2/c1-5-18(4)14-19-17(16-9-7-6-8-10-16)13-20(18)12-11-15(2)3/h6-11,17,19H,5,12-14H2,1-4H3. The molecule has 0 aromatic heterocycles. The Hall–Kier alpha value is -1.12. The van der Waals surface area contributed by atoms with Crippen LogP contribution in [0.4, 0.5) is 0 Å². The van der Waals surface area contributed by atoms with Crippen molar-refractivity contribution in [3.63, 3.8) is 0 Å².